The van der Waals surface area contributed by atoms with Crippen molar-refractivity contribution < 1.29 is 0 Å². The van der Waals surface area contributed by atoms with Gasteiger partial charge in [-0.25, -0.2) is 4.79 Å². The summed E-state index contributed by atoms with van der Waals surface area (Å²) in [6, 6.07) is 6.11. The standard InChI is InChI=1S/C11H16N4O/c1-13-8(4-5-12)7-2-3-9-10(6-7)15-11(16)14-9/h2-3,6,8,13H,4-5,12H2,1H3,(H2,14,15,16). The minimum Gasteiger partial charge on any atom is -0.330 e. The second-order valence-electron chi connectivity index (χ2n) is 3.80. The SMILES string of the molecule is CNC(CCN)c1ccc2[nH]c(=O)[nH]c2c1. The molecule has 0 saturated carbocycles. The maximum atomic E-state index is 11.1. The summed E-state index contributed by atoms with van der Waals surface area (Å²) in [6.07, 6.45) is 0.872. The first kappa shape index (κ1) is 10.9. The van der Waals surface area contributed by atoms with Crippen LogP contribution in [-0.2, 0) is 0 Å². The molecule has 2 rings (SSSR count). The number of hydrogen-bond acceptors (Lipinski definition) is 3. The number of nitrogens with two attached hydrogens (primary N) is 1. The van der Waals surface area contributed by atoms with Gasteiger partial charge in [-0.1, -0.05) is 6.07 Å². The summed E-state index contributed by atoms with van der Waals surface area (Å²) in [7, 11) is 1.91. The molecule has 86 valence electrons. The second kappa shape index (κ2) is 4.51. The largest absolute Gasteiger partial charge is 0.330 e. The molecule has 0 aliphatic heterocycles. The topological polar surface area (TPSA) is 86.7 Å². The van der Waals surface area contributed by atoms with Gasteiger partial charge in [-0.3, -0.25) is 0 Å². The summed E-state index contributed by atoms with van der Waals surface area (Å²) in [6.45, 7) is 0.632. The summed E-state index contributed by atoms with van der Waals surface area (Å²) in [5, 5.41) is 3.21. The number of hydrogen-bond donors (Lipinski definition) is 4. The molecular weight excluding hydrogens is 204 g/mol. The summed E-state index contributed by atoms with van der Waals surface area (Å²) < 4.78 is 0. The van der Waals surface area contributed by atoms with Crippen LogP contribution in [0.5, 0.6) is 0 Å². The van der Waals surface area contributed by atoms with Crippen LogP contribution in [0, 0.1) is 0 Å². The van der Waals surface area contributed by atoms with E-state index in [0.717, 1.165) is 23.0 Å². The maximum absolute atomic E-state index is 11.1. The molecule has 5 nitrogen and oxygen atoms in total. The molecule has 1 aromatic heterocycles. The fourth-order valence-electron chi connectivity index (χ4n) is 1.91. The molecular formula is C11H16N4O. The zero-order valence-electron chi connectivity index (χ0n) is 9.21. The van der Waals surface area contributed by atoms with Crippen LogP contribution in [-0.4, -0.2) is 23.6 Å². The predicted molar refractivity (Wildman–Crippen MR) is 64.4 cm³/mol. The van der Waals surface area contributed by atoms with Crippen molar-refractivity contribution >= 4 is 11.0 Å². The van der Waals surface area contributed by atoms with Crippen LogP contribution in [0.1, 0.15) is 18.0 Å². The van der Waals surface area contributed by atoms with Gasteiger partial charge in [-0.15, -0.1) is 0 Å². The Hall–Kier alpha value is -1.59. The molecule has 1 unspecified atom stereocenters. The van der Waals surface area contributed by atoms with Gasteiger partial charge in [0, 0.05) is 6.04 Å². The lowest BCUT2D eigenvalue weighted by Gasteiger charge is -2.15. The second-order valence-corrected chi connectivity index (χ2v) is 3.80. The van der Waals surface area contributed by atoms with Gasteiger partial charge in [0.2, 0.25) is 0 Å². The Morgan fingerprint density at radius 3 is 2.81 bits per heavy atom. The summed E-state index contributed by atoms with van der Waals surface area (Å²) >= 11 is 0. The van der Waals surface area contributed by atoms with Crippen LogP contribution in [0.15, 0.2) is 23.0 Å². The van der Waals surface area contributed by atoms with Crippen molar-refractivity contribution in [2.24, 2.45) is 5.73 Å². The Labute approximate surface area is 93.1 Å². The number of imidazole rings is 1. The van der Waals surface area contributed by atoms with Crippen molar-refractivity contribution in [1.29, 1.82) is 0 Å². The fraction of sp³-hybridized carbons (Fsp3) is 0.364. The summed E-state index contributed by atoms with van der Waals surface area (Å²) in [5.74, 6) is 0. The monoisotopic (exact) mass is 220 g/mol. The highest BCUT2D eigenvalue weighted by molar-refractivity contribution is 5.75. The van der Waals surface area contributed by atoms with Crippen LogP contribution >= 0.6 is 0 Å². The van der Waals surface area contributed by atoms with E-state index in [-0.39, 0.29) is 11.7 Å². The fourth-order valence-corrected chi connectivity index (χ4v) is 1.91. The third-order valence-corrected chi connectivity index (χ3v) is 2.75. The molecule has 2 aromatic rings. The average molecular weight is 220 g/mol. The minimum atomic E-state index is -0.174. The number of benzene rings is 1. The molecule has 1 atom stereocenters. The Morgan fingerprint density at radius 2 is 2.12 bits per heavy atom. The van der Waals surface area contributed by atoms with Crippen molar-refractivity contribution in [1.82, 2.24) is 15.3 Å². The zero-order chi connectivity index (χ0) is 11.5. The highest BCUT2D eigenvalue weighted by Crippen LogP contribution is 2.19. The molecule has 16 heavy (non-hydrogen) atoms. The molecule has 0 amide bonds. The van der Waals surface area contributed by atoms with Crippen LogP contribution < -0.4 is 16.7 Å². The normalized spacial score (nSPS) is 13.1. The van der Waals surface area contributed by atoms with E-state index in [1.54, 1.807) is 0 Å². The molecule has 0 radical (unpaired) electrons. The van der Waals surface area contributed by atoms with Crippen molar-refractivity contribution in [3.8, 4) is 0 Å². The van der Waals surface area contributed by atoms with Gasteiger partial charge in [0.15, 0.2) is 0 Å². The van der Waals surface area contributed by atoms with E-state index in [9.17, 15) is 4.79 Å². The molecule has 0 spiro atoms. The smallest absolute Gasteiger partial charge is 0.323 e. The van der Waals surface area contributed by atoms with Crippen molar-refractivity contribution in [2.75, 3.05) is 13.6 Å². The van der Waals surface area contributed by atoms with Gasteiger partial charge in [0.25, 0.3) is 0 Å². The van der Waals surface area contributed by atoms with E-state index >= 15 is 0 Å². The molecule has 1 aromatic carbocycles. The molecule has 5 heteroatoms. The van der Waals surface area contributed by atoms with Gasteiger partial charge in [-0.05, 0) is 37.7 Å². The summed E-state index contributed by atoms with van der Waals surface area (Å²) in [4.78, 5) is 16.6. The van der Waals surface area contributed by atoms with Gasteiger partial charge in [0.05, 0.1) is 11.0 Å². The van der Waals surface area contributed by atoms with Crippen LogP contribution in [0.2, 0.25) is 0 Å². The molecule has 0 aliphatic rings. The lowest BCUT2D eigenvalue weighted by atomic mass is 10.0. The molecule has 0 saturated heterocycles. The van der Waals surface area contributed by atoms with E-state index in [1.165, 1.54) is 0 Å². The zero-order valence-corrected chi connectivity index (χ0v) is 9.21. The highest BCUT2D eigenvalue weighted by Gasteiger charge is 2.09. The van der Waals surface area contributed by atoms with Gasteiger partial charge in [-0.2, -0.15) is 0 Å². The van der Waals surface area contributed by atoms with Crippen molar-refractivity contribution in [3.63, 3.8) is 0 Å². The molecule has 0 bridgehead atoms. The van der Waals surface area contributed by atoms with E-state index in [1.807, 2.05) is 25.2 Å². The summed E-state index contributed by atoms with van der Waals surface area (Å²) in [5.41, 5.74) is 8.18. The number of H-pyrrole nitrogens is 2. The number of aromatic nitrogens is 2. The Kier molecular flexibility index (Phi) is 3.07. The Bertz CT molecular complexity index is 528. The number of fused-ring (bicyclic) bond motifs is 1. The van der Waals surface area contributed by atoms with Gasteiger partial charge >= 0.3 is 5.69 Å². The van der Waals surface area contributed by atoms with E-state index in [4.69, 9.17) is 5.73 Å². The molecule has 0 fully saturated rings. The average Bonchev–Trinajstić information content (AvgIpc) is 2.64. The van der Waals surface area contributed by atoms with Crippen molar-refractivity contribution in [2.45, 2.75) is 12.5 Å². The number of nitrogens with one attached hydrogen (secondary N) is 3. The Balaban J connectivity index is 2.40. The number of aromatic amines is 2. The first-order valence-corrected chi connectivity index (χ1v) is 5.34. The minimum absolute atomic E-state index is 0.174. The predicted octanol–water partition coefficient (Wildman–Crippen LogP) is 0.465. The van der Waals surface area contributed by atoms with E-state index in [2.05, 4.69) is 15.3 Å². The van der Waals surface area contributed by atoms with Crippen molar-refractivity contribution in [3.05, 3.63) is 34.2 Å². The van der Waals surface area contributed by atoms with Gasteiger partial charge in [0.1, 0.15) is 0 Å². The maximum Gasteiger partial charge on any atom is 0.323 e. The van der Waals surface area contributed by atoms with Crippen LogP contribution in [0.3, 0.4) is 0 Å². The van der Waals surface area contributed by atoms with Gasteiger partial charge < -0.3 is 21.0 Å². The Morgan fingerprint density at radius 1 is 1.38 bits per heavy atom. The molecule has 5 N–H and O–H groups in total. The lowest BCUT2D eigenvalue weighted by molar-refractivity contribution is 0.557. The molecule has 0 aliphatic carbocycles. The van der Waals surface area contributed by atoms with E-state index in [0.29, 0.717) is 6.54 Å². The third-order valence-electron chi connectivity index (χ3n) is 2.75. The molecule has 1 heterocycles. The van der Waals surface area contributed by atoms with Crippen LogP contribution in [0.4, 0.5) is 0 Å². The third kappa shape index (κ3) is 2.00. The highest BCUT2D eigenvalue weighted by atomic mass is 16.1. The first-order valence-electron chi connectivity index (χ1n) is 5.34. The van der Waals surface area contributed by atoms with E-state index < -0.39 is 0 Å². The van der Waals surface area contributed by atoms with Crippen LogP contribution in [0.25, 0.3) is 11.0 Å². The number of rotatable bonds is 4. The lowest BCUT2D eigenvalue weighted by Crippen LogP contribution is -2.19. The first-order chi connectivity index (χ1) is 7.74. The quantitative estimate of drug-likeness (QED) is 0.604.